The van der Waals surface area contributed by atoms with Crippen LogP contribution >= 0.6 is 11.3 Å². The summed E-state index contributed by atoms with van der Waals surface area (Å²) in [5, 5.41) is 15.8. The Hall–Kier alpha value is -2.88. The SMILES string of the molecule is CC[C@H](c1nnnn1C[C@H]1CCCO1)N(Cc1cccs1)Cc1cc2ccc(C)cc2[nH]c1=O. The second-order valence-electron chi connectivity index (χ2n) is 8.98. The average molecular weight is 479 g/mol. The van der Waals surface area contributed by atoms with Crippen LogP contribution in [0.5, 0.6) is 0 Å². The van der Waals surface area contributed by atoms with Gasteiger partial charge in [-0.15, -0.1) is 16.4 Å². The Balaban J connectivity index is 1.48. The van der Waals surface area contributed by atoms with Crippen LogP contribution in [0.15, 0.2) is 46.6 Å². The second-order valence-corrected chi connectivity index (χ2v) is 10.0. The molecule has 34 heavy (non-hydrogen) atoms. The quantitative estimate of drug-likeness (QED) is 0.388. The number of hydrogen-bond donors (Lipinski definition) is 1. The molecule has 1 aromatic carbocycles. The van der Waals surface area contributed by atoms with Gasteiger partial charge in [0, 0.05) is 35.7 Å². The van der Waals surface area contributed by atoms with E-state index in [2.05, 4.69) is 62.0 Å². The van der Waals surface area contributed by atoms with Crippen molar-refractivity contribution in [2.45, 2.75) is 64.9 Å². The Morgan fingerprint density at radius 2 is 2.21 bits per heavy atom. The van der Waals surface area contributed by atoms with Gasteiger partial charge in [-0.05, 0) is 71.1 Å². The van der Waals surface area contributed by atoms with Gasteiger partial charge in [0.2, 0.25) is 0 Å². The number of aryl methyl sites for hydroxylation is 1. The smallest absolute Gasteiger partial charge is 0.252 e. The Bertz CT molecular complexity index is 1290. The van der Waals surface area contributed by atoms with Crippen molar-refractivity contribution in [1.29, 1.82) is 0 Å². The van der Waals surface area contributed by atoms with Crippen LogP contribution in [-0.2, 0) is 24.4 Å². The molecule has 0 aliphatic carbocycles. The highest BCUT2D eigenvalue weighted by Crippen LogP contribution is 2.28. The van der Waals surface area contributed by atoms with Crippen LogP contribution in [0.2, 0.25) is 0 Å². The van der Waals surface area contributed by atoms with Crippen molar-refractivity contribution in [3.8, 4) is 0 Å². The van der Waals surface area contributed by atoms with Gasteiger partial charge in [0.1, 0.15) is 0 Å². The lowest BCUT2D eigenvalue weighted by atomic mass is 10.1. The van der Waals surface area contributed by atoms with Gasteiger partial charge in [-0.3, -0.25) is 9.69 Å². The number of benzene rings is 1. The lowest BCUT2D eigenvalue weighted by molar-refractivity contribution is 0.0889. The van der Waals surface area contributed by atoms with E-state index in [1.807, 2.05) is 23.7 Å². The third kappa shape index (κ3) is 4.96. The number of thiophene rings is 1. The molecule has 1 aliphatic rings. The number of aromatic amines is 1. The van der Waals surface area contributed by atoms with Crippen LogP contribution < -0.4 is 5.56 Å². The van der Waals surface area contributed by atoms with Gasteiger partial charge in [-0.2, -0.15) is 0 Å². The van der Waals surface area contributed by atoms with Crippen molar-refractivity contribution in [3.63, 3.8) is 0 Å². The first-order valence-electron chi connectivity index (χ1n) is 11.9. The van der Waals surface area contributed by atoms with Gasteiger partial charge in [0.15, 0.2) is 5.82 Å². The molecule has 0 bridgehead atoms. The minimum Gasteiger partial charge on any atom is -0.376 e. The summed E-state index contributed by atoms with van der Waals surface area (Å²) in [6, 6.07) is 12.3. The molecule has 5 rings (SSSR count). The lowest BCUT2D eigenvalue weighted by Gasteiger charge is -2.30. The minimum absolute atomic E-state index is 0.0355. The molecule has 0 spiro atoms. The normalized spacial score (nSPS) is 17.1. The van der Waals surface area contributed by atoms with Crippen molar-refractivity contribution in [1.82, 2.24) is 30.1 Å². The van der Waals surface area contributed by atoms with E-state index < -0.39 is 0 Å². The molecule has 2 atom stereocenters. The third-order valence-electron chi connectivity index (χ3n) is 6.48. The van der Waals surface area contributed by atoms with E-state index in [1.54, 1.807) is 11.3 Å². The van der Waals surface area contributed by atoms with E-state index in [0.717, 1.165) is 53.7 Å². The number of nitrogens with zero attached hydrogens (tertiary/aromatic N) is 5. The highest BCUT2D eigenvalue weighted by atomic mass is 32.1. The zero-order valence-corrected chi connectivity index (χ0v) is 20.4. The molecule has 4 aromatic rings. The summed E-state index contributed by atoms with van der Waals surface area (Å²) >= 11 is 1.72. The Labute approximate surface area is 202 Å². The Morgan fingerprint density at radius 3 is 2.97 bits per heavy atom. The van der Waals surface area contributed by atoms with E-state index in [1.165, 1.54) is 4.88 Å². The molecule has 1 N–H and O–H groups in total. The summed E-state index contributed by atoms with van der Waals surface area (Å²) in [4.78, 5) is 19.7. The maximum Gasteiger partial charge on any atom is 0.252 e. The topological polar surface area (TPSA) is 88.9 Å². The summed E-state index contributed by atoms with van der Waals surface area (Å²) in [5.74, 6) is 0.822. The maximum absolute atomic E-state index is 13.0. The molecule has 0 amide bonds. The number of hydrogen-bond acceptors (Lipinski definition) is 7. The molecular weight excluding hydrogens is 448 g/mol. The number of pyridine rings is 1. The van der Waals surface area contributed by atoms with Crippen LogP contribution in [-0.4, -0.2) is 42.8 Å². The number of H-pyrrole nitrogens is 1. The summed E-state index contributed by atoms with van der Waals surface area (Å²) < 4.78 is 7.72. The fourth-order valence-corrected chi connectivity index (χ4v) is 5.47. The first-order chi connectivity index (χ1) is 16.6. The maximum atomic E-state index is 13.0. The Kier molecular flexibility index (Phi) is 6.85. The van der Waals surface area contributed by atoms with E-state index in [4.69, 9.17) is 4.74 Å². The summed E-state index contributed by atoms with van der Waals surface area (Å²) in [5.41, 5.74) is 2.68. The number of tetrazole rings is 1. The van der Waals surface area contributed by atoms with Gasteiger partial charge < -0.3 is 9.72 Å². The zero-order valence-electron chi connectivity index (χ0n) is 19.6. The highest BCUT2D eigenvalue weighted by Gasteiger charge is 2.28. The van der Waals surface area contributed by atoms with Gasteiger partial charge in [0.25, 0.3) is 5.56 Å². The Morgan fingerprint density at radius 1 is 1.29 bits per heavy atom. The molecule has 8 nitrogen and oxygen atoms in total. The standard InChI is InChI=1S/C25H30N6O2S/c1-3-23(24-27-28-29-31(24)15-20-6-4-10-33-20)30(16-21-7-5-11-34-21)14-19-13-18-9-8-17(2)12-22(18)26-25(19)32/h5,7-9,11-13,20,23H,3-4,6,10,14-16H2,1-2H3,(H,26,32)/t20-,23-/m1/s1. The fourth-order valence-electron chi connectivity index (χ4n) is 4.74. The third-order valence-corrected chi connectivity index (χ3v) is 7.34. The molecule has 1 fully saturated rings. The molecule has 0 saturated carbocycles. The van der Waals surface area contributed by atoms with Crippen LogP contribution in [0.1, 0.15) is 54.1 Å². The fraction of sp³-hybridized carbons (Fsp3) is 0.440. The van der Waals surface area contributed by atoms with Crippen molar-refractivity contribution >= 4 is 22.2 Å². The molecule has 1 saturated heterocycles. The summed E-state index contributed by atoms with van der Waals surface area (Å²) in [7, 11) is 0. The van der Waals surface area contributed by atoms with Crippen LogP contribution in [0.25, 0.3) is 10.9 Å². The first kappa shape index (κ1) is 22.9. The van der Waals surface area contributed by atoms with Gasteiger partial charge in [0.05, 0.1) is 18.7 Å². The lowest BCUT2D eigenvalue weighted by Crippen LogP contribution is -2.33. The molecule has 9 heteroatoms. The summed E-state index contributed by atoms with van der Waals surface area (Å²) in [6.45, 7) is 6.85. The molecule has 178 valence electrons. The van der Waals surface area contributed by atoms with Crippen LogP contribution in [0.3, 0.4) is 0 Å². The molecular formula is C25H30N6O2S. The van der Waals surface area contributed by atoms with E-state index in [9.17, 15) is 4.79 Å². The monoisotopic (exact) mass is 478 g/mol. The van der Waals surface area contributed by atoms with Crippen molar-refractivity contribution < 1.29 is 4.74 Å². The minimum atomic E-state index is -0.0527. The molecule has 3 aromatic heterocycles. The molecule has 0 unspecified atom stereocenters. The zero-order chi connectivity index (χ0) is 23.5. The highest BCUT2D eigenvalue weighted by molar-refractivity contribution is 7.09. The van der Waals surface area contributed by atoms with Crippen LogP contribution in [0.4, 0.5) is 0 Å². The van der Waals surface area contributed by atoms with Gasteiger partial charge in [-0.1, -0.05) is 25.1 Å². The first-order valence-corrected chi connectivity index (χ1v) is 12.8. The number of nitrogens with one attached hydrogen (secondary N) is 1. The summed E-state index contributed by atoms with van der Waals surface area (Å²) in [6.07, 6.45) is 3.08. The number of aromatic nitrogens is 5. The average Bonchev–Trinajstić information content (AvgIpc) is 3.60. The van der Waals surface area contributed by atoms with E-state index in [0.29, 0.717) is 19.6 Å². The predicted octanol–water partition coefficient (Wildman–Crippen LogP) is 4.22. The molecule has 0 radical (unpaired) electrons. The predicted molar refractivity (Wildman–Crippen MR) is 133 cm³/mol. The molecule has 1 aliphatic heterocycles. The number of ether oxygens (including phenoxy) is 1. The van der Waals surface area contributed by atoms with Gasteiger partial charge >= 0.3 is 0 Å². The molecule has 4 heterocycles. The second kappa shape index (κ2) is 10.2. The largest absolute Gasteiger partial charge is 0.376 e. The van der Waals surface area contributed by atoms with Crippen molar-refractivity contribution in [2.24, 2.45) is 0 Å². The van der Waals surface area contributed by atoms with Crippen molar-refractivity contribution in [2.75, 3.05) is 6.61 Å². The van der Waals surface area contributed by atoms with Crippen LogP contribution in [0, 0.1) is 6.92 Å². The van der Waals surface area contributed by atoms with E-state index in [-0.39, 0.29) is 17.7 Å². The number of fused-ring (bicyclic) bond motifs is 1. The van der Waals surface area contributed by atoms with Crippen molar-refractivity contribution in [3.05, 3.63) is 74.0 Å². The number of rotatable bonds is 9. The van der Waals surface area contributed by atoms with Gasteiger partial charge in [-0.25, -0.2) is 4.68 Å². The van der Waals surface area contributed by atoms with E-state index >= 15 is 0 Å².